The van der Waals surface area contributed by atoms with Gasteiger partial charge in [0.25, 0.3) is 0 Å². The van der Waals surface area contributed by atoms with Gasteiger partial charge < -0.3 is 10.6 Å². The van der Waals surface area contributed by atoms with E-state index in [1.54, 1.807) is 11.3 Å². The molecular formula is C15H24N2OS. The Kier molecular flexibility index (Phi) is 5.86. The van der Waals surface area contributed by atoms with Crippen LogP contribution in [0.1, 0.15) is 43.9 Å². The fraction of sp³-hybridized carbons (Fsp3) is 0.667. The molecule has 1 aromatic rings. The van der Waals surface area contributed by atoms with Gasteiger partial charge in [0.15, 0.2) is 0 Å². The lowest BCUT2D eigenvalue weighted by molar-refractivity contribution is -0.123. The molecule has 1 aliphatic rings. The summed E-state index contributed by atoms with van der Waals surface area (Å²) < 4.78 is 0. The van der Waals surface area contributed by atoms with Crippen LogP contribution in [0, 0.1) is 0 Å². The van der Waals surface area contributed by atoms with Crippen molar-refractivity contribution in [2.75, 3.05) is 6.54 Å². The number of hydrogen-bond donors (Lipinski definition) is 2. The van der Waals surface area contributed by atoms with E-state index >= 15 is 0 Å². The van der Waals surface area contributed by atoms with E-state index < -0.39 is 0 Å². The molecule has 3 nitrogen and oxygen atoms in total. The molecule has 1 atom stereocenters. The lowest BCUT2D eigenvalue weighted by Gasteiger charge is -2.24. The molecule has 1 unspecified atom stereocenters. The van der Waals surface area contributed by atoms with Crippen LogP contribution in [-0.4, -0.2) is 24.5 Å². The summed E-state index contributed by atoms with van der Waals surface area (Å²) in [5.41, 5.74) is 0. The minimum atomic E-state index is -0.0955. The zero-order valence-electron chi connectivity index (χ0n) is 11.7. The molecule has 1 amide bonds. The smallest absolute Gasteiger partial charge is 0.237 e. The molecule has 2 rings (SSSR count). The molecule has 1 aromatic heterocycles. The van der Waals surface area contributed by atoms with Gasteiger partial charge in [0.2, 0.25) is 5.91 Å². The summed E-state index contributed by atoms with van der Waals surface area (Å²) in [5.74, 6) is 0.151. The molecule has 106 valence electrons. The van der Waals surface area contributed by atoms with Gasteiger partial charge in [-0.15, -0.1) is 11.3 Å². The Morgan fingerprint density at radius 3 is 2.89 bits per heavy atom. The highest BCUT2D eigenvalue weighted by Crippen LogP contribution is 2.17. The molecule has 1 saturated carbocycles. The van der Waals surface area contributed by atoms with Gasteiger partial charge in [-0.3, -0.25) is 4.79 Å². The molecule has 4 heteroatoms. The number of hydrogen-bond acceptors (Lipinski definition) is 3. The van der Waals surface area contributed by atoms with E-state index in [0.717, 1.165) is 25.8 Å². The first-order chi connectivity index (χ1) is 9.25. The summed E-state index contributed by atoms with van der Waals surface area (Å²) in [6, 6.07) is 4.52. The second-order valence-corrected chi connectivity index (χ2v) is 6.38. The van der Waals surface area contributed by atoms with Crippen molar-refractivity contribution in [1.82, 2.24) is 10.6 Å². The van der Waals surface area contributed by atoms with Crippen LogP contribution in [0.2, 0.25) is 0 Å². The molecule has 1 fully saturated rings. The SMILES string of the molecule is CC(NCCc1cccs1)C(=O)NC1CCCCC1. The summed E-state index contributed by atoms with van der Waals surface area (Å²) >= 11 is 1.77. The molecule has 0 bridgehead atoms. The third-order valence-electron chi connectivity index (χ3n) is 3.75. The van der Waals surface area contributed by atoms with E-state index in [9.17, 15) is 4.79 Å². The van der Waals surface area contributed by atoms with Crippen LogP contribution in [0.15, 0.2) is 17.5 Å². The fourth-order valence-electron chi connectivity index (χ4n) is 2.53. The second kappa shape index (κ2) is 7.65. The maximum atomic E-state index is 12.0. The van der Waals surface area contributed by atoms with Crippen molar-refractivity contribution in [3.05, 3.63) is 22.4 Å². The van der Waals surface area contributed by atoms with Crippen molar-refractivity contribution in [2.24, 2.45) is 0 Å². The van der Waals surface area contributed by atoms with E-state index in [1.807, 2.05) is 6.92 Å². The normalized spacial score (nSPS) is 18.2. The number of carbonyl (C=O) groups is 1. The topological polar surface area (TPSA) is 41.1 Å². The van der Waals surface area contributed by atoms with Gasteiger partial charge in [-0.1, -0.05) is 25.3 Å². The minimum absolute atomic E-state index is 0.0955. The van der Waals surface area contributed by atoms with Crippen LogP contribution in [0.25, 0.3) is 0 Å². The van der Waals surface area contributed by atoms with Gasteiger partial charge in [-0.25, -0.2) is 0 Å². The average Bonchev–Trinajstić information content (AvgIpc) is 2.93. The second-order valence-electron chi connectivity index (χ2n) is 5.35. The van der Waals surface area contributed by atoms with Crippen LogP contribution in [0.4, 0.5) is 0 Å². The van der Waals surface area contributed by atoms with Gasteiger partial charge in [0.1, 0.15) is 0 Å². The molecule has 19 heavy (non-hydrogen) atoms. The first-order valence-electron chi connectivity index (χ1n) is 7.32. The Morgan fingerprint density at radius 2 is 2.21 bits per heavy atom. The van der Waals surface area contributed by atoms with E-state index in [1.165, 1.54) is 24.1 Å². The summed E-state index contributed by atoms with van der Waals surface area (Å²) in [6.07, 6.45) is 7.12. The third-order valence-corrected chi connectivity index (χ3v) is 4.68. The largest absolute Gasteiger partial charge is 0.352 e. The number of thiophene rings is 1. The molecule has 0 spiro atoms. The number of rotatable bonds is 6. The van der Waals surface area contributed by atoms with Gasteiger partial charge in [-0.2, -0.15) is 0 Å². The van der Waals surface area contributed by atoms with E-state index in [4.69, 9.17) is 0 Å². The van der Waals surface area contributed by atoms with Crippen molar-refractivity contribution >= 4 is 17.2 Å². The van der Waals surface area contributed by atoms with E-state index in [0.29, 0.717) is 6.04 Å². The minimum Gasteiger partial charge on any atom is -0.352 e. The number of amides is 1. The van der Waals surface area contributed by atoms with E-state index in [2.05, 4.69) is 28.1 Å². The van der Waals surface area contributed by atoms with E-state index in [-0.39, 0.29) is 11.9 Å². The van der Waals surface area contributed by atoms with Gasteiger partial charge in [0.05, 0.1) is 6.04 Å². The zero-order chi connectivity index (χ0) is 13.5. The third kappa shape index (κ3) is 4.96. The predicted molar refractivity (Wildman–Crippen MR) is 80.5 cm³/mol. The van der Waals surface area contributed by atoms with Gasteiger partial charge in [-0.05, 0) is 37.6 Å². The Morgan fingerprint density at radius 1 is 1.42 bits per heavy atom. The number of carbonyl (C=O) groups excluding carboxylic acids is 1. The van der Waals surface area contributed by atoms with Crippen molar-refractivity contribution in [2.45, 2.75) is 57.5 Å². The lowest BCUT2D eigenvalue weighted by Crippen LogP contribution is -2.47. The highest BCUT2D eigenvalue weighted by Gasteiger charge is 2.18. The van der Waals surface area contributed by atoms with Crippen LogP contribution in [0.3, 0.4) is 0 Å². The molecule has 0 aliphatic heterocycles. The van der Waals surface area contributed by atoms with Crippen molar-refractivity contribution in [1.29, 1.82) is 0 Å². The zero-order valence-corrected chi connectivity index (χ0v) is 12.5. The average molecular weight is 280 g/mol. The predicted octanol–water partition coefficient (Wildman–Crippen LogP) is 2.72. The summed E-state index contributed by atoms with van der Waals surface area (Å²) in [7, 11) is 0. The van der Waals surface area contributed by atoms with Gasteiger partial charge in [0, 0.05) is 17.5 Å². The number of nitrogens with one attached hydrogen (secondary N) is 2. The molecule has 2 N–H and O–H groups in total. The van der Waals surface area contributed by atoms with Gasteiger partial charge >= 0.3 is 0 Å². The quantitative estimate of drug-likeness (QED) is 0.841. The van der Waals surface area contributed by atoms with Crippen molar-refractivity contribution in [3.63, 3.8) is 0 Å². The molecule has 0 aromatic carbocycles. The maximum Gasteiger partial charge on any atom is 0.237 e. The lowest BCUT2D eigenvalue weighted by atomic mass is 9.95. The Bertz CT molecular complexity index is 372. The molecular weight excluding hydrogens is 256 g/mol. The van der Waals surface area contributed by atoms with Crippen LogP contribution < -0.4 is 10.6 Å². The summed E-state index contributed by atoms with van der Waals surface area (Å²) in [5, 5.41) is 8.56. The first kappa shape index (κ1) is 14.5. The Balaban J connectivity index is 1.64. The van der Waals surface area contributed by atoms with Crippen molar-refractivity contribution < 1.29 is 4.79 Å². The molecule has 0 radical (unpaired) electrons. The Labute approximate surface area is 119 Å². The van der Waals surface area contributed by atoms with Crippen molar-refractivity contribution in [3.8, 4) is 0 Å². The Hall–Kier alpha value is -0.870. The molecule has 1 aliphatic carbocycles. The molecule has 0 saturated heterocycles. The fourth-order valence-corrected chi connectivity index (χ4v) is 3.24. The van der Waals surface area contributed by atoms with Crippen LogP contribution in [0.5, 0.6) is 0 Å². The maximum absolute atomic E-state index is 12.0. The van der Waals surface area contributed by atoms with Crippen LogP contribution in [-0.2, 0) is 11.2 Å². The highest BCUT2D eigenvalue weighted by atomic mass is 32.1. The summed E-state index contributed by atoms with van der Waals surface area (Å²) in [6.45, 7) is 2.81. The van der Waals surface area contributed by atoms with Crippen LogP contribution >= 0.6 is 11.3 Å². The summed E-state index contributed by atoms with van der Waals surface area (Å²) in [4.78, 5) is 13.4. The first-order valence-corrected chi connectivity index (χ1v) is 8.20. The highest BCUT2D eigenvalue weighted by molar-refractivity contribution is 7.09. The monoisotopic (exact) mass is 280 g/mol. The standard InChI is InChI=1S/C15H24N2OS/c1-12(16-10-9-14-8-5-11-19-14)15(18)17-13-6-3-2-4-7-13/h5,8,11-13,16H,2-4,6-7,9-10H2,1H3,(H,17,18). The molecule has 1 heterocycles.